The highest BCUT2D eigenvalue weighted by Gasteiger charge is 2.18. The van der Waals surface area contributed by atoms with Gasteiger partial charge in [-0.3, -0.25) is 0 Å². The summed E-state index contributed by atoms with van der Waals surface area (Å²) in [7, 11) is -4.03. The molecule has 0 saturated heterocycles. The van der Waals surface area contributed by atoms with Gasteiger partial charge in [0.25, 0.3) is 0 Å². The van der Waals surface area contributed by atoms with Gasteiger partial charge in [-0.1, -0.05) is 41.9 Å². The fourth-order valence-corrected chi connectivity index (χ4v) is 4.15. The third kappa shape index (κ3) is 3.77. The molecule has 0 aliphatic heterocycles. The molecule has 1 aromatic heterocycles. The Morgan fingerprint density at radius 2 is 1.62 bits per heavy atom. The van der Waals surface area contributed by atoms with Crippen molar-refractivity contribution < 1.29 is 17.0 Å². The van der Waals surface area contributed by atoms with E-state index in [1.165, 1.54) is 36.4 Å². The SMILES string of the molecule is Cc1c(-c2ccccc2)c(=O)oc2ccc(OS(=O)(=O)c3ccc(Cl)cc3)cc12. The molecule has 0 atom stereocenters. The van der Waals surface area contributed by atoms with Gasteiger partial charge in [-0.15, -0.1) is 0 Å². The summed E-state index contributed by atoms with van der Waals surface area (Å²) < 4.78 is 35.8. The molecular weight excluding hydrogens is 412 g/mol. The topological polar surface area (TPSA) is 73.6 Å². The van der Waals surface area contributed by atoms with Crippen LogP contribution in [-0.2, 0) is 10.1 Å². The number of fused-ring (bicyclic) bond motifs is 1. The summed E-state index contributed by atoms with van der Waals surface area (Å²) in [5.74, 6) is 0.114. The van der Waals surface area contributed by atoms with Gasteiger partial charge < -0.3 is 8.60 Å². The molecule has 0 spiro atoms. The van der Waals surface area contributed by atoms with E-state index in [1.54, 1.807) is 13.0 Å². The molecule has 146 valence electrons. The smallest absolute Gasteiger partial charge is 0.344 e. The second-order valence-electron chi connectivity index (χ2n) is 6.40. The molecule has 0 N–H and O–H groups in total. The van der Waals surface area contributed by atoms with Crippen molar-refractivity contribution in [1.82, 2.24) is 0 Å². The van der Waals surface area contributed by atoms with Crippen LogP contribution < -0.4 is 9.81 Å². The number of halogens is 1. The van der Waals surface area contributed by atoms with E-state index < -0.39 is 15.7 Å². The molecule has 0 saturated carbocycles. The molecule has 7 heteroatoms. The summed E-state index contributed by atoms with van der Waals surface area (Å²) in [5, 5.41) is 1.01. The molecule has 0 radical (unpaired) electrons. The van der Waals surface area contributed by atoms with Crippen LogP contribution in [0.3, 0.4) is 0 Å². The monoisotopic (exact) mass is 426 g/mol. The molecular formula is C22H15ClO5S. The van der Waals surface area contributed by atoms with Crippen molar-refractivity contribution in [2.24, 2.45) is 0 Å². The zero-order valence-electron chi connectivity index (χ0n) is 15.3. The van der Waals surface area contributed by atoms with E-state index in [-0.39, 0.29) is 10.6 Å². The molecule has 4 aromatic rings. The van der Waals surface area contributed by atoms with Crippen LogP contribution in [0.4, 0.5) is 0 Å². The fourth-order valence-electron chi connectivity index (χ4n) is 3.10. The predicted octanol–water partition coefficient (Wildman–Crippen LogP) is 5.19. The molecule has 1 heterocycles. The number of hydrogen-bond acceptors (Lipinski definition) is 5. The third-order valence-electron chi connectivity index (χ3n) is 4.51. The first-order valence-corrected chi connectivity index (χ1v) is 10.5. The second-order valence-corrected chi connectivity index (χ2v) is 8.39. The third-order valence-corrected chi connectivity index (χ3v) is 6.02. The van der Waals surface area contributed by atoms with Crippen molar-refractivity contribution in [3.05, 3.63) is 93.8 Å². The Morgan fingerprint density at radius 1 is 0.931 bits per heavy atom. The standard InChI is InChI=1S/C22H15ClO5S/c1-14-19-13-17(28-29(25,26)18-10-7-16(23)8-11-18)9-12-20(19)27-22(24)21(14)15-5-3-2-4-6-15/h2-13H,1H3. The van der Waals surface area contributed by atoms with E-state index in [1.807, 2.05) is 30.3 Å². The van der Waals surface area contributed by atoms with Gasteiger partial charge in [0.05, 0.1) is 5.56 Å². The van der Waals surface area contributed by atoms with Crippen molar-refractivity contribution in [3.63, 3.8) is 0 Å². The van der Waals surface area contributed by atoms with Gasteiger partial charge >= 0.3 is 15.7 Å². The van der Waals surface area contributed by atoms with Crippen LogP contribution in [-0.4, -0.2) is 8.42 Å². The van der Waals surface area contributed by atoms with Gasteiger partial charge in [-0.2, -0.15) is 8.42 Å². The summed E-state index contributed by atoms with van der Waals surface area (Å²) >= 11 is 5.81. The van der Waals surface area contributed by atoms with Gasteiger partial charge in [0.1, 0.15) is 16.2 Å². The highest BCUT2D eigenvalue weighted by atomic mass is 35.5. The molecule has 4 rings (SSSR count). The van der Waals surface area contributed by atoms with Crippen LogP contribution >= 0.6 is 11.6 Å². The van der Waals surface area contributed by atoms with Crippen molar-refractivity contribution in [1.29, 1.82) is 0 Å². The lowest BCUT2D eigenvalue weighted by atomic mass is 10.00. The normalized spacial score (nSPS) is 11.5. The molecule has 0 aliphatic carbocycles. The molecule has 0 fully saturated rings. The maximum atomic E-state index is 12.5. The van der Waals surface area contributed by atoms with E-state index in [4.69, 9.17) is 20.2 Å². The van der Waals surface area contributed by atoms with E-state index in [2.05, 4.69) is 0 Å². The summed E-state index contributed by atoms with van der Waals surface area (Å²) in [6.45, 7) is 1.79. The van der Waals surface area contributed by atoms with Crippen LogP contribution in [0.2, 0.25) is 5.02 Å². The average molecular weight is 427 g/mol. The molecule has 0 bridgehead atoms. The Labute approximate surface area is 172 Å². The number of hydrogen-bond donors (Lipinski definition) is 0. The van der Waals surface area contributed by atoms with Crippen LogP contribution in [0.25, 0.3) is 22.1 Å². The molecule has 29 heavy (non-hydrogen) atoms. The van der Waals surface area contributed by atoms with Crippen molar-refractivity contribution in [2.75, 3.05) is 0 Å². The molecule has 3 aromatic carbocycles. The van der Waals surface area contributed by atoms with Crippen LogP contribution in [0.5, 0.6) is 5.75 Å². The fraction of sp³-hybridized carbons (Fsp3) is 0.0455. The van der Waals surface area contributed by atoms with Gasteiger partial charge in [0.15, 0.2) is 0 Å². The lowest BCUT2D eigenvalue weighted by molar-refractivity contribution is 0.486. The minimum Gasteiger partial charge on any atom is -0.422 e. The van der Waals surface area contributed by atoms with Gasteiger partial charge in [-0.25, -0.2) is 4.79 Å². The van der Waals surface area contributed by atoms with Crippen LogP contribution in [0, 0.1) is 6.92 Å². The zero-order chi connectivity index (χ0) is 20.6. The predicted molar refractivity (Wildman–Crippen MR) is 112 cm³/mol. The Hall–Kier alpha value is -3.09. The highest BCUT2D eigenvalue weighted by molar-refractivity contribution is 7.87. The summed E-state index contributed by atoms with van der Waals surface area (Å²) in [6, 6.07) is 19.4. The summed E-state index contributed by atoms with van der Waals surface area (Å²) in [5.41, 5.74) is 1.72. The Balaban J connectivity index is 1.80. The summed E-state index contributed by atoms with van der Waals surface area (Å²) in [4.78, 5) is 12.5. The highest BCUT2D eigenvalue weighted by Crippen LogP contribution is 2.30. The molecule has 5 nitrogen and oxygen atoms in total. The quantitative estimate of drug-likeness (QED) is 0.331. The first-order chi connectivity index (χ1) is 13.8. The van der Waals surface area contributed by atoms with E-state index >= 15 is 0 Å². The number of benzene rings is 3. The first kappa shape index (κ1) is 19.2. The van der Waals surface area contributed by atoms with E-state index in [9.17, 15) is 13.2 Å². The molecule has 0 unspecified atom stereocenters. The maximum Gasteiger partial charge on any atom is 0.344 e. The molecule has 0 aliphatic rings. The second kappa shape index (κ2) is 7.39. The summed E-state index contributed by atoms with van der Waals surface area (Å²) in [6.07, 6.45) is 0. The zero-order valence-corrected chi connectivity index (χ0v) is 16.8. The van der Waals surface area contributed by atoms with Crippen molar-refractivity contribution in [2.45, 2.75) is 11.8 Å². The van der Waals surface area contributed by atoms with Crippen LogP contribution in [0.1, 0.15) is 5.56 Å². The van der Waals surface area contributed by atoms with E-state index in [0.29, 0.717) is 27.1 Å². The lowest BCUT2D eigenvalue weighted by Gasteiger charge is -2.11. The first-order valence-electron chi connectivity index (χ1n) is 8.68. The Bertz CT molecular complexity index is 1360. The lowest BCUT2D eigenvalue weighted by Crippen LogP contribution is -2.10. The van der Waals surface area contributed by atoms with Gasteiger partial charge in [0, 0.05) is 10.4 Å². The number of aryl methyl sites for hydroxylation is 1. The average Bonchev–Trinajstić information content (AvgIpc) is 2.69. The molecule has 0 amide bonds. The minimum absolute atomic E-state index is 0.0108. The van der Waals surface area contributed by atoms with Crippen molar-refractivity contribution in [3.8, 4) is 16.9 Å². The van der Waals surface area contributed by atoms with Gasteiger partial charge in [0.2, 0.25) is 0 Å². The number of rotatable bonds is 4. The van der Waals surface area contributed by atoms with Gasteiger partial charge in [-0.05, 0) is 60.5 Å². The minimum atomic E-state index is -4.03. The largest absolute Gasteiger partial charge is 0.422 e. The van der Waals surface area contributed by atoms with Crippen molar-refractivity contribution >= 4 is 32.7 Å². The van der Waals surface area contributed by atoms with E-state index in [0.717, 1.165) is 5.56 Å². The van der Waals surface area contributed by atoms with Crippen LogP contribution in [0.15, 0.2) is 86.9 Å². The Morgan fingerprint density at radius 3 is 2.31 bits per heavy atom. The maximum absolute atomic E-state index is 12.5. The Kier molecular flexibility index (Phi) is 4.90.